The molecule has 0 spiro atoms. The molecular weight excluding hydrogens is 248 g/mol. The van der Waals surface area contributed by atoms with Gasteiger partial charge in [0.1, 0.15) is 0 Å². The van der Waals surface area contributed by atoms with Crippen LogP contribution in [0.3, 0.4) is 0 Å². The fourth-order valence-corrected chi connectivity index (χ4v) is 1.55. The first-order chi connectivity index (χ1) is 8.25. The summed E-state index contributed by atoms with van der Waals surface area (Å²) in [5.41, 5.74) is 0. The van der Waals surface area contributed by atoms with Gasteiger partial charge in [-0.2, -0.15) is 0 Å². The van der Waals surface area contributed by atoms with Crippen molar-refractivity contribution < 1.29 is 39.6 Å². The Morgan fingerprint density at radius 2 is 0.944 bits per heavy atom. The Hall–Kier alpha value is -2.12. The molecule has 0 radical (unpaired) electrons. The third-order valence-electron chi connectivity index (χ3n) is 2.46. The number of carbonyl (C=O) groups is 4. The fraction of sp³-hybridized carbons (Fsp3) is 0.600. The van der Waals surface area contributed by atoms with Gasteiger partial charge in [-0.3, -0.25) is 19.2 Å². The number of rotatable bonds is 9. The first-order valence-corrected chi connectivity index (χ1v) is 5.15. The molecule has 0 bridgehead atoms. The fourth-order valence-electron chi connectivity index (χ4n) is 1.55. The molecule has 0 aromatic rings. The Morgan fingerprint density at radius 1 is 0.667 bits per heavy atom. The highest BCUT2D eigenvalue weighted by molar-refractivity contribution is 5.81. The topological polar surface area (TPSA) is 149 Å². The van der Waals surface area contributed by atoms with E-state index >= 15 is 0 Å². The largest absolute Gasteiger partial charge is 0.481 e. The van der Waals surface area contributed by atoms with Gasteiger partial charge in [0.25, 0.3) is 0 Å². The van der Waals surface area contributed by atoms with Gasteiger partial charge in [0.15, 0.2) is 0 Å². The first kappa shape index (κ1) is 15.9. The molecule has 0 aliphatic heterocycles. The van der Waals surface area contributed by atoms with Crippen molar-refractivity contribution in [3.63, 3.8) is 0 Å². The maximum atomic E-state index is 10.9. The monoisotopic (exact) mass is 262 g/mol. The zero-order valence-corrected chi connectivity index (χ0v) is 9.40. The van der Waals surface area contributed by atoms with Crippen molar-refractivity contribution in [1.29, 1.82) is 0 Å². The van der Waals surface area contributed by atoms with Crippen molar-refractivity contribution >= 4 is 23.9 Å². The van der Waals surface area contributed by atoms with E-state index in [0.29, 0.717) is 0 Å². The van der Waals surface area contributed by atoms with Gasteiger partial charge in [-0.15, -0.1) is 0 Å². The molecule has 0 saturated heterocycles. The SMILES string of the molecule is O=C(O)CC[C@H](C(=O)O)[C@@H](CCC(=O)O)C(=O)O. The third-order valence-corrected chi connectivity index (χ3v) is 2.46. The van der Waals surface area contributed by atoms with E-state index in [1.807, 2.05) is 0 Å². The van der Waals surface area contributed by atoms with Gasteiger partial charge >= 0.3 is 23.9 Å². The number of hydrogen-bond acceptors (Lipinski definition) is 4. The van der Waals surface area contributed by atoms with Crippen LogP contribution in [-0.2, 0) is 19.2 Å². The van der Waals surface area contributed by atoms with Crippen molar-refractivity contribution in [2.45, 2.75) is 25.7 Å². The van der Waals surface area contributed by atoms with Gasteiger partial charge in [0.2, 0.25) is 0 Å². The summed E-state index contributed by atoms with van der Waals surface area (Å²) < 4.78 is 0. The second kappa shape index (κ2) is 7.25. The van der Waals surface area contributed by atoms with Crippen LogP contribution in [0.5, 0.6) is 0 Å². The molecule has 0 aliphatic rings. The Bertz CT molecular complexity index is 314. The minimum absolute atomic E-state index is 0.346. The van der Waals surface area contributed by atoms with Crippen LogP contribution in [0.2, 0.25) is 0 Å². The molecule has 0 aromatic carbocycles. The number of aliphatic carboxylic acids is 4. The standard InChI is InChI=1S/C10H14O8/c11-7(12)3-1-5(9(15)16)6(10(17)18)2-4-8(13)14/h5-6H,1-4H2,(H,11,12)(H,13,14)(H,15,16)(H,17,18)/t5-,6+. The second-order valence-corrected chi connectivity index (χ2v) is 3.75. The van der Waals surface area contributed by atoms with Crippen LogP contribution in [-0.4, -0.2) is 44.3 Å². The summed E-state index contributed by atoms with van der Waals surface area (Å²) in [6.07, 6.45) is -1.65. The Balaban J connectivity index is 4.76. The Kier molecular flexibility index (Phi) is 6.40. The molecular formula is C10H14O8. The molecule has 2 atom stereocenters. The van der Waals surface area contributed by atoms with Crippen LogP contribution in [0.1, 0.15) is 25.7 Å². The van der Waals surface area contributed by atoms with E-state index < -0.39 is 48.6 Å². The summed E-state index contributed by atoms with van der Waals surface area (Å²) in [5.74, 6) is -8.15. The molecule has 0 amide bonds. The molecule has 0 aliphatic carbocycles. The summed E-state index contributed by atoms with van der Waals surface area (Å²) in [7, 11) is 0. The van der Waals surface area contributed by atoms with Crippen molar-refractivity contribution in [1.82, 2.24) is 0 Å². The molecule has 0 unspecified atom stereocenters. The third kappa shape index (κ3) is 5.83. The summed E-state index contributed by atoms with van der Waals surface area (Å²) in [5, 5.41) is 34.6. The summed E-state index contributed by atoms with van der Waals surface area (Å²) >= 11 is 0. The van der Waals surface area contributed by atoms with E-state index in [4.69, 9.17) is 20.4 Å². The molecule has 102 valence electrons. The van der Waals surface area contributed by atoms with Crippen LogP contribution in [0, 0.1) is 11.8 Å². The second-order valence-electron chi connectivity index (χ2n) is 3.75. The van der Waals surface area contributed by atoms with Gasteiger partial charge in [-0.25, -0.2) is 0 Å². The van der Waals surface area contributed by atoms with Crippen molar-refractivity contribution in [3.05, 3.63) is 0 Å². The first-order valence-electron chi connectivity index (χ1n) is 5.15. The Morgan fingerprint density at radius 3 is 1.11 bits per heavy atom. The van der Waals surface area contributed by atoms with Gasteiger partial charge in [-0.05, 0) is 12.8 Å². The molecule has 0 saturated carbocycles. The minimum Gasteiger partial charge on any atom is -0.481 e. The van der Waals surface area contributed by atoms with E-state index in [1.54, 1.807) is 0 Å². The summed E-state index contributed by atoms with van der Waals surface area (Å²) in [4.78, 5) is 42.5. The molecule has 0 rings (SSSR count). The number of hydrogen-bond donors (Lipinski definition) is 4. The molecule has 4 N–H and O–H groups in total. The van der Waals surface area contributed by atoms with Crippen LogP contribution in [0.25, 0.3) is 0 Å². The number of carboxylic acids is 4. The predicted molar refractivity (Wildman–Crippen MR) is 56.0 cm³/mol. The molecule has 8 nitrogen and oxygen atoms in total. The summed E-state index contributed by atoms with van der Waals surface area (Å²) in [6, 6.07) is 0. The van der Waals surface area contributed by atoms with Crippen LogP contribution in [0.4, 0.5) is 0 Å². The normalized spacial score (nSPS) is 13.6. The van der Waals surface area contributed by atoms with E-state index in [0.717, 1.165) is 0 Å². The molecule has 0 fully saturated rings. The Labute approximate surface area is 102 Å². The van der Waals surface area contributed by atoms with Gasteiger partial charge < -0.3 is 20.4 Å². The lowest BCUT2D eigenvalue weighted by Gasteiger charge is -2.18. The smallest absolute Gasteiger partial charge is 0.307 e. The highest BCUT2D eigenvalue weighted by Gasteiger charge is 2.34. The van der Waals surface area contributed by atoms with E-state index in [2.05, 4.69) is 0 Å². The quantitative estimate of drug-likeness (QED) is 0.457. The maximum Gasteiger partial charge on any atom is 0.307 e. The van der Waals surface area contributed by atoms with Crippen molar-refractivity contribution in [2.24, 2.45) is 11.8 Å². The maximum absolute atomic E-state index is 10.9. The molecule has 0 aromatic heterocycles. The number of carboxylic acid groups (broad SMARTS) is 4. The molecule has 8 heteroatoms. The van der Waals surface area contributed by atoms with E-state index in [9.17, 15) is 19.2 Å². The van der Waals surface area contributed by atoms with E-state index in [1.165, 1.54) is 0 Å². The lowest BCUT2D eigenvalue weighted by Crippen LogP contribution is -2.31. The van der Waals surface area contributed by atoms with Gasteiger partial charge in [-0.1, -0.05) is 0 Å². The lowest BCUT2D eigenvalue weighted by atomic mass is 9.85. The van der Waals surface area contributed by atoms with Crippen molar-refractivity contribution in [2.75, 3.05) is 0 Å². The molecule has 18 heavy (non-hydrogen) atoms. The average molecular weight is 262 g/mol. The lowest BCUT2D eigenvalue weighted by molar-refractivity contribution is -0.155. The van der Waals surface area contributed by atoms with E-state index in [-0.39, 0.29) is 12.8 Å². The van der Waals surface area contributed by atoms with Crippen LogP contribution < -0.4 is 0 Å². The molecule has 0 heterocycles. The van der Waals surface area contributed by atoms with Crippen LogP contribution >= 0.6 is 0 Å². The zero-order chi connectivity index (χ0) is 14.3. The highest BCUT2D eigenvalue weighted by Crippen LogP contribution is 2.23. The van der Waals surface area contributed by atoms with Gasteiger partial charge in [0, 0.05) is 12.8 Å². The van der Waals surface area contributed by atoms with Crippen LogP contribution in [0.15, 0.2) is 0 Å². The van der Waals surface area contributed by atoms with Gasteiger partial charge in [0.05, 0.1) is 11.8 Å². The predicted octanol–water partition coefficient (Wildman–Crippen LogP) is 0.118. The average Bonchev–Trinajstić information content (AvgIpc) is 2.20. The highest BCUT2D eigenvalue weighted by atomic mass is 16.4. The van der Waals surface area contributed by atoms with Crippen molar-refractivity contribution in [3.8, 4) is 0 Å². The minimum atomic E-state index is -1.44. The summed E-state index contributed by atoms with van der Waals surface area (Å²) in [6.45, 7) is 0. The zero-order valence-electron chi connectivity index (χ0n) is 9.40.